The summed E-state index contributed by atoms with van der Waals surface area (Å²) in [5.41, 5.74) is 6.06. The van der Waals surface area contributed by atoms with Gasteiger partial charge in [-0.3, -0.25) is 9.83 Å². The molecule has 6 N–H and O–H groups in total. The minimum atomic E-state index is -1.60. The lowest BCUT2D eigenvalue weighted by molar-refractivity contribution is -0.179. The van der Waals surface area contributed by atoms with Crippen LogP contribution in [-0.2, 0) is 20.8 Å². The number of benzene rings is 1. The van der Waals surface area contributed by atoms with Crippen molar-refractivity contribution in [2.75, 3.05) is 20.3 Å². The van der Waals surface area contributed by atoms with E-state index in [4.69, 9.17) is 30.9 Å². The van der Waals surface area contributed by atoms with Crippen LogP contribution in [0.5, 0.6) is 5.75 Å². The van der Waals surface area contributed by atoms with Gasteiger partial charge >= 0.3 is 5.97 Å². The summed E-state index contributed by atoms with van der Waals surface area (Å²) in [6.07, 6.45) is 1.25. The van der Waals surface area contributed by atoms with E-state index in [1.54, 1.807) is 7.11 Å². The number of carbonyl (C=O) groups is 1. The SMILES string of the molecule is COCC1NC(c2ccc3c(c2)CCC(C(C)(ON)C(=O)O)O3)=NC1CCN. The van der Waals surface area contributed by atoms with Gasteiger partial charge in [0.25, 0.3) is 0 Å². The number of rotatable bonds is 8. The van der Waals surface area contributed by atoms with Gasteiger partial charge < -0.3 is 25.6 Å². The Morgan fingerprint density at radius 2 is 2.29 bits per heavy atom. The van der Waals surface area contributed by atoms with E-state index in [-0.39, 0.29) is 12.1 Å². The smallest absolute Gasteiger partial charge is 0.341 e. The maximum atomic E-state index is 11.5. The van der Waals surface area contributed by atoms with Crippen molar-refractivity contribution >= 4 is 11.8 Å². The Labute approximate surface area is 164 Å². The van der Waals surface area contributed by atoms with Crippen molar-refractivity contribution in [1.82, 2.24) is 5.32 Å². The monoisotopic (exact) mass is 392 g/mol. The first-order valence-corrected chi connectivity index (χ1v) is 9.37. The van der Waals surface area contributed by atoms with Gasteiger partial charge in [0.1, 0.15) is 17.7 Å². The van der Waals surface area contributed by atoms with Crippen molar-refractivity contribution < 1.29 is 24.2 Å². The minimum Gasteiger partial charge on any atom is -0.486 e. The predicted octanol–water partition coefficient (Wildman–Crippen LogP) is 0.196. The van der Waals surface area contributed by atoms with Gasteiger partial charge in [0, 0.05) is 12.7 Å². The molecule has 28 heavy (non-hydrogen) atoms. The fraction of sp³-hybridized carbons (Fsp3) is 0.579. The van der Waals surface area contributed by atoms with Crippen LogP contribution in [0.2, 0.25) is 0 Å². The fourth-order valence-corrected chi connectivity index (χ4v) is 3.68. The molecular weight excluding hydrogens is 364 g/mol. The zero-order valence-electron chi connectivity index (χ0n) is 16.2. The van der Waals surface area contributed by atoms with Crippen LogP contribution < -0.4 is 21.7 Å². The Bertz CT molecular complexity index is 756. The highest BCUT2D eigenvalue weighted by molar-refractivity contribution is 6.00. The molecule has 0 spiro atoms. The normalized spacial score (nSPS) is 25.9. The zero-order valence-corrected chi connectivity index (χ0v) is 16.2. The lowest BCUT2D eigenvalue weighted by Gasteiger charge is -2.35. The molecule has 0 saturated heterocycles. The Balaban J connectivity index is 1.79. The molecule has 3 rings (SSSR count). The van der Waals surface area contributed by atoms with Crippen LogP contribution in [0.3, 0.4) is 0 Å². The van der Waals surface area contributed by atoms with Gasteiger partial charge in [-0.05, 0) is 56.5 Å². The average molecular weight is 392 g/mol. The lowest BCUT2D eigenvalue weighted by Crippen LogP contribution is -2.54. The van der Waals surface area contributed by atoms with Gasteiger partial charge in [0.05, 0.1) is 18.7 Å². The number of nitrogens with zero attached hydrogens (tertiary/aromatic N) is 1. The fourth-order valence-electron chi connectivity index (χ4n) is 3.68. The van der Waals surface area contributed by atoms with Gasteiger partial charge in [-0.25, -0.2) is 10.7 Å². The van der Waals surface area contributed by atoms with Crippen LogP contribution in [0.15, 0.2) is 23.2 Å². The summed E-state index contributed by atoms with van der Waals surface area (Å²) >= 11 is 0. The molecule has 1 aromatic carbocycles. The first-order chi connectivity index (χ1) is 13.4. The molecule has 0 aromatic heterocycles. The number of fused-ring (bicyclic) bond motifs is 1. The maximum Gasteiger partial charge on any atom is 0.341 e. The highest BCUT2D eigenvalue weighted by Crippen LogP contribution is 2.34. The molecule has 0 radical (unpaired) electrons. The largest absolute Gasteiger partial charge is 0.486 e. The molecule has 0 amide bonds. The molecule has 1 aromatic rings. The van der Waals surface area contributed by atoms with Crippen molar-refractivity contribution in [3.05, 3.63) is 29.3 Å². The molecule has 0 saturated carbocycles. The number of hydrogen-bond acceptors (Lipinski definition) is 8. The van der Waals surface area contributed by atoms with Crippen LogP contribution in [0.4, 0.5) is 0 Å². The minimum absolute atomic E-state index is 0.0783. The molecule has 4 atom stereocenters. The van der Waals surface area contributed by atoms with Crippen LogP contribution >= 0.6 is 0 Å². The second-order valence-corrected chi connectivity index (χ2v) is 7.33. The number of amidine groups is 1. The van der Waals surface area contributed by atoms with Crippen LogP contribution in [-0.4, -0.2) is 61.0 Å². The quantitative estimate of drug-likeness (QED) is 0.460. The number of nitrogens with one attached hydrogen (secondary N) is 1. The summed E-state index contributed by atoms with van der Waals surface area (Å²) in [7, 11) is 1.67. The highest BCUT2D eigenvalue weighted by Gasteiger charge is 2.46. The van der Waals surface area contributed by atoms with E-state index < -0.39 is 17.7 Å². The van der Waals surface area contributed by atoms with Gasteiger partial charge in [-0.2, -0.15) is 0 Å². The molecule has 2 heterocycles. The molecular formula is C19H28N4O5. The number of aliphatic imine (C=N–C) groups is 1. The van der Waals surface area contributed by atoms with Crippen molar-refractivity contribution in [3.63, 3.8) is 0 Å². The Hall–Kier alpha value is -2.20. The maximum absolute atomic E-state index is 11.5. The van der Waals surface area contributed by atoms with Crippen LogP contribution in [0.1, 0.15) is 30.9 Å². The van der Waals surface area contributed by atoms with Crippen molar-refractivity contribution in [1.29, 1.82) is 0 Å². The number of carboxylic acid groups (broad SMARTS) is 1. The van der Waals surface area contributed by atoms with E-state index in [1.165, 1.54) is 6.92 Å². The Kier molecular flexibility index (Phi) is 6.19. The number of aryl methyl sites for hydroxylation is 1. The first-order valence-electron chi connectivity index (χ1n) is 9.37. The van der Waals surface area contributed by atoms with E-state index >= 15 is 0 Å². The first kappa shape index (κ1) is 20.5. The van der Waals surface area contributed by atoms with Crippen LogP contribution in [0.25, 0.3) is 0 Å². The molecule has 2 aliphatic heterocycles. The standard InChI is InChI=1S/C19H28N4O5/c1-19(28-21,18(24)25)16-6-4-11-9-12(3-5-15(11)27-16)17-22-13(7-8-20)14(23-17)10-26-2/h3,5,9,13-14,16H,4,6-8,10,20-21H2,1-2H3,(H,22,23)(H,24,25). The lowest BCUT2D eigenvalue weighted by atomic mass is 9.90. The van der Waals surface area contributed by atoms with Crippen LogP contribution in [0, 0.1) is 0 Å². The molecule has 0 fully saturated rings. The summed E-state index contributed by atoms with van der Waals surface area (Å²) in [6.45, 7) is 2.54. The zero-order chi connectivity index (χ0) is 20.3. The molecule has 2 aliphatic rings. The van der Waals surface area contributed by atoms with Gasteiger partial charge in [-0.15, -0.1) is 0 Å². The van der Waals surface area contributed by atoms with Crippen molar-refractivity contribution in [2.24, 2.45) is 16.6 Å². The number of hydrogen-bond donors (Lipinski definition) is 4. The summed E-state index contributed by atoms with van der Waals surface area (Å²) in [4.78, 5) is 21.1. The van der Waals surface area contributed by atoms with E-state index in [0.717, 1.165) is 23.4 Å². The Morgan fingerprint density at radius 1 is 1.50 bits per heavy atom. The summed E-state index contributed by atoms with van der Waals surface area (Å²) < 4.78 is 11.2. The van der Waals surface area contributed by atoms with Crippen molar-refractivity contribution in [2.45, 2.75) is 50.0 Å². The van der Waals surface area contributed by atoms with Gasteiger partial charge in [0.15, 0.2) is 0 Å². The second-order valence-electron chi connectivity index (χ2n) is 7.33. The third-order valence-electron chi connectivity index (χ3n) is 5.45. The van der Waals surface area contributed by atoms with E-state index in [1.807, 2.05) is 18.2 Å². The summed E-state index contributed by atoms with van der Waals surface area (Å²) in [6, 6.07) is 5.94. The molecule has 0 bridgehead atoms. The summed E-state index contributed by atoms with van der Waals surface area (Å²) in [5.74, 6) is 5.53. The topological polar surface area (TPSA) is 141 Å². The Morgan fingerprint density at radius 3 is 2.93 bits per heavy atom. The number of aliphatic carboxylic acids is 1. The van der Waals surface area contributed by atoms with E-state index in [2.05, 4.69) is 5.32 Å². The van der Waals surface area contributed by atoms with Gasteiger partial charge in [-0.1, -0.05) is 0 Å². The molecule has 4 unspecified atom stereocenters. The van der Waals surface area contributed by atoms with E-state index in [9.17, 15) is 9.90 Å². The highest BCUT2D eigenvalue weighted by atomic mass is 16.7. The van der Waals surface area contributed by atoms with E-state index in [0.29, 0.717) is 31.7 Å². The van der Waals surface area contributed by atoms with Gasteiger partial charge in [0.2, 0.25) is 5.60 Å². The summed E-state index contributed by atoms with van der Waals surface area (Å²) in [5, 5.41) is 12.9. The predicted molar refractivity (Wildman–Crippen MR) is 103 cm³/mol. The number of methoxy groups -OCH3 is 1. The molecule has 9 heteroatoms. The number of carboxylic acids is 1. The third-order valence-corrected chi connectivity index (χ3v) is 5.45. The molecule has 154 valence electrons. The third kappa shape index (κ3) is 3.83. The number of ether oxygens (including phenoxy) is 2. The average Bonchev–Trinajstić information content (AvgIpc) is 3.09. The van der Waals surface area contributed by atoms with Crippen molar-refractivity contribution in [3.8, 4) is 5.75 Å². The molecule has 9 nitrogen and oxygen atoms in total. The molecule has 0 aliphatic carbocycles. The number of nitrogens with two attached hydrogens (primary N) is 2. The second kappa shape index (κ2) is 8.44.